The zero-order chi connectivity index (χ0) is 17.2. The van der Waals surface area contributed by atoms with Gasteiger partial charge in [0.05, 0.1) is 11.2 Å². The third-order valence-corrected chi connectivity index (χ3v) is 5.23. The van der Waals surface area contributed by atoms with E-state index in [9.17, 15) is 0 Å². The van der Waals surface area contributed by atoms with Gasteiger partial charge >= 0.3 is 0 Å². The molecule has 130 valence electrons. The first-order valence-corrected chi connectivity index (χ1v) is 9.58. The van der Waals surface area contributed by atoms with Crippen LogP contribution in [-0.2, 0) is 6.54 Å². The normalized spacial score (nSPS) is 18.6. The second kappa shape index (κ2) is 7.01. The molecule has 0 aromatic carbocycles. The number of likely N-dealkylation sites (tertiary alicyclic amines) is 1. The van der Waals surface area contributed by atoms with Crippen molar-refractivity contribution in [2.75, 3.05) is 13.1 Å². The minimum Gasteiger partial charge on any atom is -0.341 e. The van der Waals surface area contributed by atoms with Crippen LogP contribution in [-0.4, -0.2) is 42.9 Å². The number of hydrogen-bond donors (Lipinski definition) is 1. The van der Waals surface area contributed by atoms with Gasteiger partial charge in [-0.2, -0.15) is 0 Å². The maximum Gasteiger partial charge on any atom is 0.156 e. The van der Waals surface area contributed by atoms with Crippen LogP contribution in [0.1, 0.15) is 41.7 Å². The van der Waals surface area contributed by atoms with Crippen molar-refractivity contribution in [2.24, 2.45) is 0 Å². The standard InChI is InChI=1S/C18H22N6S/c1-12-7-19-18(21-12)17-6-16(22-13(2)23-17)14-4-3-5-24(8-14)9-15-10-25-11-20-15/h6-7,10-11,14H,3-5,8-9H2,1-2H3,(H,19,21)/t14-/m0/s1. The lowest BCUT2D eigenvalue weighted by Crippen LogP contribution is -2.34. The Bertz CT molecular complexity index is 841. The molecule has 4 rings (SSSR count). The van der Waals surface area contributed by atoms with Gasteiger partial charge < -0.3 is 4.98 Å². The van der Waals surface area contributed by atoms with Crippen LogP contribution in [0.3, 0.4) is 0 Å². The van der Waals surface area contributed by atoms with Crippen LogP contribution in [0.2, 0.25) is 0 Å². The van der Waals surface area contributed by atoms with Crippen molar-refractivity contribution in [3.05, 3.63) is 46.1 Å². The number of thiazole rings is 1. The molecule has 1 aliphatic heterocycles. The van der Waals surface area contributed by atoms with E-state index < -0.39 is 0 Å². The number of H-pyrrole nitrogens is 1. The SMILES string of the molecule is Cc1nc(-c2ncc(C)[nH]2)cc([C@H]2CCCN(Cc3cscn3)C2)n1. The van der Waals surface area contributed by atoms with E-state index in [0.29, 0.717) is 5.92 Å². The van der Waals surface area contributed by atoms with E-state index in [4.69, 9.17) is 4.98 Å². The van der Waals surface area contributed by atoms with Gasteiger partial charge in [0, 0.05) is 42.0 Å². The summed E-state index contributed by atoms with van der Waals surface area (Å²) in [7, 11) is 0. The Kier molecular flexibility index (Phi) is 4.59. The summed E-state index contributed by atoms with van der Waals surface area (Å²) >= 11 is 1.66. The van der Waals surface area contributed by atoms with Crippen LogP contribution in [0, 0.1) is 13.8 Å². The van der Waals surface area contributed by atoms with Gasteiger partial charge in [0.1, 0.15) is 11.5 Å². The van der Waals surface area contributed by atoms with E-state index in [0.717, 1.165) is 54.1 Å². The molecule has 7 heteroatoms. The molecule has 0 bridgehead atoms. The summed E-state index contributed by atoms with van der Waals surface area (Å²) < 4.78 is 0. The van der Waals surface area contributed by atoms with Gasteiger partial charge in [-0.25, -0.2) is 19.9 Å². The van der Waals surface area contributed by atoms with Crippen molar-refractivity contribution in [1.82, 2.24) is 29.8 Å². The van der Waals surface area contributed by atoms with Crippen molar-refractivity contribution >= 4 is 11.3 Å². The summed E-state index contributed by atoms with van der Waals surface area (Å²) in [6, 6.07) is 2.10. The van der Waals surface area contributed by atoms with Gasteiger partial charge in [-0.3, -0.25) is 4.90 Å². The Balaban J connectivity index is 1.55. The molecule has 0 unspecified atom stereocenters. The van der Waals surface area contributed by atoms with Gasteiger partial charge in [-0.05, 0) is 39.3 Å². The predicted molar refractivity (Wildman–Crippen MR) is 98.5 cm³/mol. The zero-order valence-electron chi connectivity index (χ0n) is 14.6. The highest BCUT2D eigenvalue weighted by molar-refractivity contribution is 7.07. The Morgan fingerprint density at radius 1 is 1.28 bits per heavy atom. The van der Waals surface area contributed by atoms with Crippen LogP contribution >= 0.6 is 11.3 Å². The maximum absolute atomic E-state index is 4.73. The number of hydrogen-bond acceptors (Lipinski definition) is 6. The van der Waals surface area contributed by atoms with Gasteiger partial charge in [0.2, 0.25) is 0 Å². The van der Waals surface area contributed by atoms with Crippen molar-refractivity contribution in [1.29, 1.82) is 0 Å². The summed E-state index contributed by atoms with van der Waals surface area (Å²) in [6.07, 6.45) is 4.19. The summed E-state index contributed by atoms with van der Waals surface area (Å²) in [4.78, 5) is 23.9. The smallest absolute Gasteiger partial charge is 0.156 e. The minimum absolute atomic E-state index is 0.434. The Morgan fingerprint density at radius 3 is 2.96 bits per heavy atom. The molecule has 1 saturated heterocycles. The van der Waals surface area contributed by atoms with Crippen molar-refractivity contribution in [3.63, 3.8) is 0 Å². The fourth-order valence-corrected chi connectivity index (χ4v) is 4.00. The fourth-order valence-electron chi connectivity index (χ4n) is 3.45. The lowest BCUT2D eigenvalue weighted by atomic mass is 9.94. The van der Waals surface area contributed by atoms with Gasteiger partial charge in [-0.1, -0.05) is 0 Å². The summed E-state index contributed by atoms with van der Waals surface area (Å²) in [6.45, 7) is 7.03. The molecule has 1 N–H and O–H groups in total. The van der Waals surface area contributed by atoms with Gasteiger partial charge in [0.25, 0.3) is 0 Å². The number of rotatable bonds is 4. The number of nitrogens with one attached hydrogen (secondary N) is 1. The van der Waals surface area contributed by atoms with E-state index in [1.165, 1.54) is 12.8 Å². The molecule has 0 aliphatic carbocycles. The topological polar surface area (TPSA) is 70.6 Å². The Labute approximate surface area is 151 Å². The van der Waals surface area contributed by atoms with Crippen LogP contribution < -0.4 is 0 Å². The first-order chi connectivity index (χ1) is 12.2. The number of piperidine rings is 1. The molecule has 6 nitrogen and oxygen atoms in total. The molecule has 0 radical (unpaired) electrons. The molecule has 0 amide bonds. The van der Waals surface area contributed by atoms with E-state index >= 15 is 0 Å². The third kappa shape index (κ3) is 3.77. The molecule has 3 aromatic heterocycles. The molecule has 1 fully saturated rings. The van der Waals surface area contributed by atoms with Crippen LogP contribution in [0.25, 0.3) is 11.5 Å². The second-order valence-corrected chi connectivity index (χ2v) is 7.41. The molecule has 3 aromatic rings. The van der Waals surface area contributed by atoms with E-state index in [-0.39, 0.29) is 0 Å². The zero-order valence-corrected chi connectivity index (χ0v) is 15.4. The summed E-state index contributed by atoms with van der Waals surface area (Å²) in [5.41, 5.74) is 6.12. The van der Waals surface area contributed by atoms with Crippen molar-refractivity contribution in [2.45, 2.75) is 39.2 Å². The summed E-state index contributed by atoms with van der Waals surface area (Å²) in [5, 5.41) is 2.13. The average molecular weight is 354 g/mol. The Hall–Kier alpha value is -2.12. The van der Waals surface area contributed by atoms with Crippen molar-refractivity contribution < 1.29 is 0 Å². The highest BCUT2D eigenvalue weighted by atomic mass is 32.1. The first kappa shape index (κ1) is 16.4. The van der Waals surface area contributed by atoms with E-state index in [1.54, 1.807) is 11.3 Å². The highest BCUT2D eigenvalue weighted by Crippen LogP contribution is 2.28. The van der Waals surface area contributed by atoms with E-state index in [2.05, 4.69) is 36.3 Å². The van der Waals surface area contributed by atoms with Crippen LogP contribution in [0.4, 0.5) is 0 Å². The number of aromatic nitrogens is 5. The third-order valence-electron chi connectivity index (χ3n) is 4.60. The monoisotopic (exact) mass is 354 g/mol. The maximum atomic E-state index is 4.73. The fraction of sp³-hybridized carbons (Fsp3) is 0.444. The number of aromatic amines is 1. The van der Waals surface area contributed by atoms with Gasteiger partial charge in [0.15, 0.2) is 5.82 Å². The predicted octanol–water partition coefficient (Wildman–Crippen LogP) is 3.32. The number of nitrogens with zero attached hydrogens (tertiary/aromatic N) is 5. The first-order valence-electron chi connectivity index (χ1n) is 8.64. The quantitative estimate of drug-likeness (QED) is 0.778. The molecular weight excluding hydrogens is 332 g/mol. The average Bonchev–Trinajstić information content (AvgIpc) is 3.26. The van der Waals surface area contributed by atoms with Crippen LogP contribution in [0.15, 0.2) is 23.2 Å². The lowest BCUT2D eigenvalue weighted by Gasteiger charge is -2.32. The molecule has 0 spiro atoms. The molecule has 4 heterocycles. The number of imidazole rings is 1. The molecule has 1 atom stereocenters. The molecule has 25 heavy (non-hydrogen) atoms. The molecular formula is C18H22N6S. The van der Waals surface area contributed by atoms with Gasteiger partial charge in [-0.15, -0.1) is 11.3 Å². The highest BCUT2D eigenvalue weighted by Gasteiger charge is 2.24. The van der Waals surface area contributed by atoms with E-state index in [1.807, 2.05) is 25.6 Å². The summed E-state index contributed by atoms with van der Waals surface area (Å²) in [5.74, 6) is 2.06. The number of aryl methyl sites for hydroxylation is 2. The Morgan fingerprint density at radius 2 is 2.20 bits per heavy atom. The molecule has 0 saturated carbocycles. The lowest BCUT2D eigenvalue weighted by molar-refractivity contribution is 0.196. The minimum atomic E-state index is 0.434. The molecule has 1 aliphatic rings. The second-order valence-electron chi connectivity index (χ2n) is 6.69. The van der Waals surface area contributed by atoms with Crippen LogP contribution in [0.5, 0.6) is 0 Å². The van der Waals surface area contributed by atoms with Crippen molar-refractivity contribution in [3.8, 4) is 11.5 Å². The largest absolute Gasteiger partial charge is 0.341 e.